The van der Waals surface area contributed by atoms with E-state index in [1.807, 2.05) is 26.8 Å². The van der Waals surface area contributed by atoms with E-state index in [0.717, 1.165) is 0 Å². The number of rotatable bonds is 0. The third-order valence-corrected chi connectivity index (χ3v) is 3.66. The summed E-state index contributed by atoms with van der Waals surface area (Å²) in [7, 11) is 0. The molecule has 1 heterocycles. The molecule has 3 rings (SSSR count). The van der Waals surface area contributed by atoms with Crippen molar-refractivity contribution in [2.75, 3.05) is 0 Å². The van der Waals surface area contributed by atoms with Crippen LogP contribution in [-0.4, -0.2) is 19.5 Å². The van der Waals surface area contributed by atoms with Gasteiger partial charge >= 0.3 is 42.7 Å². The van der Waals surface area contributed by atoms with E-state index in [1.165, 1.54) is 10.1 Å². The Morgan fingerprint density at radius 3 is 1.64 bits per heavy atom. The van der Waals surface area contributed by atoms with Gasteiger partial charge in [-0.1, -0.05) is 52.1 Å². The molecule has 1 nitrogen and oxygen atoms in total. The maximum atomic E-state index is 13.6. The molecule has 0 aliphatic rings. The van der Waals surface area contributed by atoms with E-state index in [2.05, 4.69) is 0 Å². The number of hydrogen-bond acceptors (Lipinski definition) is 0. The Hall–Kier alpha value is -1.57. The number of para-hydroxylation sites is 2. The molecule has 0 saturated carbocycles. The third kappa shape index (κ3) is 5.96. The van der Waals surface area contributed by atoms with E-state index in [0.29, 0.717) is 16.3 Å². The molecular formula is C17H16F9OSb. The second-order valence-corrected chi connectivity index (χ2v) is 12.6. The molecule has 0 spiro atoms. The van der Waals surface area contributed by atoms with Crippen LogP contribution in [0.5, 0.6) is 0 Å². The van der Waals surface area contributed by atoms with E-state index >= 15 is 0 Å². The van der Waals surface area contributed by atoms with Gasteiger partial charge in [0.15, 0.2) is 0 Å². The molecule has 0 amide bonds. The summed E-state index contributed by atoms with van der Waals surface area (Å²) >= 11 is -11.2. The molecule has 0 aliphatic heterocycles. The maximum absolute atomic E-state index is 13.6. The number of hydrogen-bond donors (Lipinski definition) is 0. The molecule has 0 radical (unpaired) electrons. The van der Waals surface area contributed by atoms with Crippen LogP contribution in [0.4, 0.5) is 30.0 Å². The van der Waals surface area contributed by atoms with E-state index in [-0.39, 0.29) is 16.6 Å². The van der Waals surface area contributed by atoms with Gasteiger partial charge in [-0.2, -0.15) is 0 Å². The fraction of sp³-hybridized carbons (Fsp3) is 0.294. The van der Waals surface area contributed by atoms with Gasteiger partial charge in [-0.05, 0) is 23.6 Å². The molecule has 11 heteroatoms. The Morgan fingerprint density at radius 1 is 0.714 bits per heavy atom. The van der Waals surface area contributed by atoms with Crippen LogP contribution in [0.15, 0.2) is 46.5 Å². The standard InChI is InChI=1S/C17H16F3O.6FH.Sb/c1-16(2,3)13-9-6-8-12-11-7-4-5-10-14(11)21(15(12)13)17(18,19)20;;;;;;;/h4-10H,1-3H3;6*1H;/q+1;;;;;;;+5/p-6. The molecule has 0 saturated heterocycles. The minimum absolute atomic E-state index is 0.122. The Bertz CT molecular complexity index is 1010. The van der Waals surface area contributed by atoms with Crippen molar-refractivity contribution < 1.29 is 34.1 Å². The molecular weight excluding hydrogens is 513 g/mol. The Labute approximate surface area is 156 Å². The molecule has 3 aromatic rings. The Morgan fingerprint density at radius 2 is 1.18 bits per heavy atom. The van der Waals surface area contributed by atoms with Crippen molar-refractivity contribution in [2.45, 2.75) is 32.5 Å². The zero-order valence-corrected chi connectivity index (χ0v) is 17.4. The van der Waals surface area contributed by atoms with Crippen molar-refractivity contribution >= 4 is 41.4 Å². The monoisotopic (exact) mass is 528 g/mol. The molecule has 158 valence electrons. The Balaban J connectivity index is 0.000000345. The Kier molecular flexibility index (Phi) is 4.84. The fourth-order valence-electron chi connectivity index (χ4n) is 2.78. The first kappa shape index (κ1) is 22.7. The number of benzene rings is 2. The first-order valence-electron chi connectivity index (χ1n) is 7.76. The molecule has 2 aromatic carbocycles. The average Bonchev–Trinajstić information content (AvgIpc) is 2.76. The van der Waals surface area contributed by atoms with Crippen molar-refractivity contribution in [1.82, 2.24) is 0 Å². The third-order valence-electron chi connectivity index (χ3n) is 3.66. The van der Waals surface area contributed by atoms with Crippen molar-refractivity contribution in [3.63, 3.8) is 0 Å². The number of fused-ring (bicyclic) bond motifs is 3. The normalized spacial score (nSPS) is 15.7. The van der Waals surface area contributed by atoms with Crippen LogP contribution in [0.3, 0.4) is 0 Å². The SMILES string of the molecule is CC(C)(C)c1cccc2c3ccccc3[o+](C(F)(F)F)c12.[F][Sb-]([F])([F])([F])([F])[F]. The quantitative estimate of drug-likeness (QED) is 0.157. The summed E-state index contributed by atoms with van der Waals surface area (Å²) in [5.74, 6) is 0. The zero-order valence-electron chi connectivity index (χ0n) is 14.8. The van der Waals surface area contributed by atoms with E-state index < -0.39 is 25.8 Å². The van der Waals surface area contributed by atoms with Gasteiger partial charge in [-0.25, -0.2) is 0 Å². The van der Waals surface area contributed by atoms with Crippen molar-refractivity contribution in [2.24, 2.45) is 0 Å². The second-order valence-electron chi connectivity index (χ2n) is 7.14. The van der Waals surface area contributed by atoms with Crippen molar-refractivity contribution in [3.05, 3.63) is 48.0 Å². The van der Waals surface area contributed by atoms with Crippen LogP contribution in [0.25, 0.3) is 21.9 Å². The van der Waals surface area contributed by atoms with E-state index in [9.17, 15) is 30.0 Å². The summed E-state index contributed by atoms with van der Waals surface area (Å²) in [5, 5.41) is 1.21. The fourth-order valence-corrected chi connectivity index (χ4v) is 2.78. The van der Waals surface area contributed by atoms with Crippen molar-refractivity contribution in [3.8, 4) is 0 Å². The molecule has 0 bridgehead atoms. The molecule has 0 N–H and O–H groups in total. The molecule has 28 heavy (non-hydrogen) atoms. The topological polar surface area (TPSA) is 2.70 Å². The number of alkyl halides is 3. The van der Waals surface area contributed by atoms with Crippen LogP contribution in [-0.2, 0) is 11.8 Å². The van der Waals surface area contributed by atoms with Gasteiger partial charge in [-0.3, -0.25) is 0 Å². The number of halogens is 9. The first-order chi connectivity index (χ1) is 12.2. The molecule has 1 aromatic heterocycles. The van der Waals surface area contributed by atoms with Gasteiger partial charge in [0.25, 0.3) is 11.2 Å². The van der Waals surface area contributed by atoms with Gasteiger partial charge in [0.1, 0.15) is 0 Å². The first-order valence-corrected chi connectivity index (χ1v) is 13.6. The van der Waals surface area contributed by atoms with Crippen LogP contribution in [0.2, 0.25) is 0 Å². The van der Waals surface area contributed by atoms with Crippen LogP contribution in [0, 0.1) is 0 Å². The summed E-state index contributed by atoms with van der Waals surface area (Å²) in [4.78, 5) is 0. The average molecular weight is 529 g/mol. The van der Waals surface area contributed by atoms with E-state index in [1.54, 1.807) is 30.3 Å². The van der Waals surface area contributed by atoms with Crippen LogP contribution in [0.1, 0.15) is 26.3 Å². The van der Waals surface area contributed by atoms with Gasteiger partial charge < -0.3 is 4.05 Å². The van der Waals surface area contributed by atoms with Crippen LogP contribution < -0.4 is 0 Å². The van der Waals surface area contributed by atoms with Crippen LogP contribution >= 0.6 is 0 Å². The van der Waals surface area contributed by atoms with Crippen molar-refractivity contribution in [1.29, 1.82) is 0 Å². The summed E-state index contributed by atoms with van der Waals surface area (Å²) in [6.45, 7) is 5.75. The predicted molar refractivity (Wildman–Crippen MR) is 90.7 cm³/mol. The molecule has 0 atom stereocenters. The van der Waals surface area contributed by atoms with Gasteiger partial charge in [-0.15, -0.1) is 0 Å². The van der Waals surface area contributed by atoms with Gasteiger partial charge in [0.2, 0.25) is 0 Å². The summed E-state index contributed by atoms with van der Waals surface area (Å²) < 4.78 is 102. The number of furan rings is 1. The van der Waals surface area contributed by atoms with E-state index in [4.69, 9.17) is 0 Å². The predicted octanol–water partition coefficient (Wildman–Crippen LogP) is 8.19. The van der Waals surface area contributed by atoms with Gasteiger partial charge in [0.05, 0.1) is 16.3 Å². The molecule has 0 aliphatic carbocycles. The summed E-state index contributed by atoms with van der Waals surface area (Å²) in [5.41, 5.74) is 0.582. The molecule has 0 fully saturated rings. The summed E-state index contributed by atoms with van der Waals surface area (Å²) in [6.07, 6.45) is -4.53. The molecule has 0 unspecified atom stereocenters. The van der Waals surface area contributed by atoms with Gasteiger partial charge in [0, 0.05) is 6.07 Å². The minimum atomic E-state index is -11.2. The second kappa shape index (κ2) is 5.97. The zero-order chi connectivity index (χ0) is 21.8. The summed E-state index contributed by atoms with van der Waals surface area (Å²) in [6, 6.07) is 11.9.